The summed E-state index contributed by atoms with van der Waals surface area (Å²) >= 11 is 0. The molecule has 2 aromatic rings. The van der Waals surface area contributed by atoms with E-state index in [0.29, 0.717) is 5.92 Å². The third kappa shape index (κ3) is 2.18. The number of nitrogens with zero attached hydrogens (tertiary/aromatic N) is 2. The highest BCUT2D eigenvalue weighted by atomic mass is 15.3. The molecule has 0 amide bonds. The second-order valence-electron chi connectivity index (χ2n) is 4.97. The summed E-state index contributed by atoms with van der Waals surface area (Å²) in [4.78, 5) is 0. The first kappa shape index (κ1) is 11.5. The molecule has 0 radical (unpaired) electrons. The van der Waals surface area contributed by atoms with Gasteiger partial charge in [-0.25, -0.2) is 0 Å². The molecule has 1 saturated heterocycles. The van der Waals surface area contributed by atoms with Crippen LogP contribution in [-0.2, 0) is 7.05 Å². The number of benzene rings is 1. The molecule has 2 heterocycles. The Hall–Kier alpha value is -1.61. The number of hydrogen-bond donors (Lipinski definition) is 1. The molecular weight excluding hydrogens is 222 g/mol. The number of nitrogens with one attached hydrogen (secondary N) is 1. The van der Waals surface area contributed by atoms with E-state index in [1.165, 1.54) is 24.1 Å². The number of aromatic nitrogens is 2. The van der Waals surface area contributed by atoms with Gasteiger partial charge in [0, 0.05) is 24.2 Å². The molecular formula is C15H19N3. The van der Waals surface area contributed by atoms with Gasteiger partial charge in [0.1, 0.15) is 0 Å². The SMILES string of the molecule is Cn1nc(-c2ccccc2)cc1C1CCNCC1. The predicted octanol–water partition coefficient (Wildman–Crippen LogP) is 2.55. The first-order valence-electron chi connectivity index (χ1n) is 6.64. The van der Waals surface area contributed by atoms with E-state index < -0.39 is 0 Å². The topological polar surface area (TPSA) is 29.9 Å². The zero-order valence-electron chi connectivity index (χ0n) is 10.8. The standard InChI is InChI=1S/C15H19N3/c1-18-15(13-7-9-16-10-8-13)11-14(17-18)12-5-3-2-4-6-12/h2-6,11,13,16H,7-10H2,1H3. The summed E-state index contributed by atoms with van der Waals surface area (Å²) in [5.41, 5.74) is 3.66. The molecule has 94 valence electrons. The zero-order valence-corrected chi connectivity index (χ0v) is 10.8. The average molecular weight is 241 g/mol. The molecule has 1 aliphatic heterocycles. The van der Waals surface area contributed by atoms with Crippen LogP contribution in [0.3, 0.4) is 0 Å². The molecule has 1 N–H and O–H groups in total. The second-order valence-corrected chi connectivity index (χ2v) is 4.97. The lowest BCUT2D eigenvalue weighted by Crippen LogP contribution is -2.27. The summed E-state index contributed by atoms with van der Waals surface area (Å²) in [5, 5.41) is 8.07. The van der Waals surface area contributed by atoms with Crippen LogP contribution in [0, 0.1) is 0 Å². The van der Waals surface area contributed by atoms with Crippen molar-refractivity contribution in [1.29, 1.82) is 0 Å². The van der Waals surface area contributed by atoms with Crippen molar-refractivity contribution in [2.45, 2.75) is 18.8 Å². The van der Waals surface area contributed by atoms with Crippen molar-refractivity contribution in [3.63, 3.8) is 0 Å². The van der Waals surface area contributed by atoms with Crippen molar-refractivity contribution in [2.24, 2.45) is 7.05 Å². The molecule has 0 spiro atoms. The van der Waals surface area contributed by atoms with Crippen molar-refractivity contribution in [3.8, 4) is 11.3 Å². The Balaban J connectivity index is 1.91. The normalized spacial score (nSPS) is 16.9. The lowest BCUT2D eigenvalue weighted by molar-refractivity contribution is 0.440. The molecule has 0 unspecified atom stereocenters. The molecule has 0 atom stereocenters. The van der Waals surface area contributed by atoms with Gasteiger partial charge in [-0.05, 0) is 32.0 Å². The molecule has 0 bridgehead atoms. The van der Waals surface area contributed by atoms with Crippen molar-refractivity contribution in [1.82, 2.24) is 15.1 Å². The Morgan fingerprint density at radius 3 is 2.61 bits per heavy atom. The summed E-state index contributed by atoms with van der Waals surface area (Å²) in [6.45, 7) is 2.24. The molecule has 3 nitrogen and oxygen atoms in total. The fourth-order valence-electron chi connectivity index (χ4n) is 2.73. The van der Waals surface area contributed by atoms with E-state index in [1.54, 1.807) is 0 Å². The van der Waals surface area contributed by atoms with Crippen LogP contribution in [0.25, 0.3) is 11.3 Å². The largest absolute Gasteiger partial charge is 0.317 e. The molecule has 3 rings (SSSR count). The van der Waals surface area contributed by atoms with E-state index >= 15 is 0 Å². The van der Waals surface area contributed by atoms with Crippen LogP contribution in [0.5, 0.6) is 0 Å². The molecule has 0 saturated carbocycles. The highest BCUT2D eigenvalue weighted by Crippen LogP contribution is 2.28. The van der Waals surface area contributed by atoms with Crippen LogP contribution < -0.4 is 5.32 Å². The number of piperidine rings is 1. The van der Waals surface area contributed by atoms with Gasteiger partial charge in [0.2, 0.25) is 0 Å². The van der Waals surface area contributed by atoms with Crippen LogP contribution >= 0.6 is 0 Å². The van der Waals surface area contributed by atoms with Gasteiger partial charge in [0.15, 0.2) is 0 Å². The molecule has 0 aliphatic carbocycles. The average Bonchev–Trinajstić information content (AvgIpc) is 2.83. The minimum atomic E-state index is 0.654. The zero-order chi connectivity index (χ0) is 12.4. The highest BCUT2D eigenvalue weighted by molar-refractivity contribution is 5.59. The minimum Gasteiger partial charge on any atom is -0.317 e. The molecule has 1 fully saturated rings. The van der Waals surface area contributed by atoms with Crippen molar-refractivity contribution in [3.05, 3.63) is 42.1 Å². The van der Waals surface area contributed by atoms with Crippen LogP contribution in [0.2, 0.25) is 0 Å². The van der Waals surface area contributed by atoms with Gasteiger partial charge in [0.05, 0.1) is 5.69 Å². The van der Waals surface area contributed by atoms with Gasteiger partial charge >= 0.3 is 0 Å². The molecule has 1 aromatic heterocycles. The molecule has 3 heteroatoms. The fourth-order valence-corrected chi connectivity index (χ4v) is 2.73. The van der Waals surface area contributed by atoms with Crippen molar-refractivity contribution < 1.29 is 0 Å². The fraction of sp³-hybridized carbons (Fsp3) is 0.400. The highest BCUT2D eigenvalue weighted by Gasteiger charge is 2.19. The molecule has 1 aromatic carbocycles. The predicted molar refractivity (Wildman–Crippen MR) is 73.5 cm³/mol. The first-order chi connectivity index (χ1) is 8.84. The van der Waals surface area contributed by atoms with E-state index in [4.69, 9.17) is 0 Å². The first-order valence-corrected chi connectivity index (χ1v) is 6.64. The van der Waals surface area contributed by atoms with Gasteiger partial charge in [-0.15, -0.1) is 0 Å². The monoisotopic (exact) mass is 241 g/mol. The smallest absolute Gasteiger partial charge is 0.0926 e. The van der Waals surface area contributed by atoms with Crippen molar-refractivity contribution in [2.75, 3.05) is 13.1 Å². The number of hydrogen-bond acceptors (Lipinski definition) is 2. The maximum absolute atomic E-state index is 4.65. The summed E-state index contributed by atoms with van der Waals surface area (Å²) in [6, 6.07) is 12.7. The Labute approximate surface area is 108 Å². The Morgan fingerprint density at radius 2 is 1.89 bits per heavy atom. The van der Waals surface area contributed by atoms with Gasteiger partial charge in [0.25, 0.3) is 0 Å². The van der Waals surface area contributed by atoms with Gasteiger partial charge in [-0.3, -0.25) is 4.68 Å². The van der Waals surface area contributed by atoms with E-state index in [2.05, 4.69) is 52.5 Å². The van der Waals surface area contributed by atoms with Crippen molar-refractivity contribution >= 4 is 0 Å². The van der Waals surface area contributed by atoms with E-state index in [1.807, 2.05) is 6.07 Å². The van der Waals surface area contributed by atoms with Crippen LogP contribution in [-0.4, -0.2) is 22.9 Å². The van der Waals surface area contributed by atoms with Crippen LogP contribution in [0.1, 0.15) is 24.5 Å². The third-order valence-electron chi connectivity index (χ3n) is 3.74. The van der Waals surface area contributed by atoms with Gasteiger partial charge < -0.3 is 5.32 Å². The number of rotatable bonds is 2. The van der Waals surface area contributed by atoms with E-state index in [-0.39, 0.29) is 0 Å². The minimum absolute atomic E-state index is 0.654. The number of aryl methyl sites for hydroxylation is 1. The van der Waals surface area contributed by atoms with E-state index in [0.717, 1.165) is 18.8 Å². The molecule has 1 aliphatic rings. The third-order valence-corrected chi connectivity index (χ3v) is 3.74. The van der Waals surface area contributed by atoms with Gasteiger partial charge in [-0.1, -0.05) is 30.3 Å². The molecule has 18 heavy (non-hydrogen) atoms. The van der Waals surface area contributed by atoms with Gasteiger partial charge in [-0.2, -0.15) is 5.10 Å². The van der Waals surface area contributed by atoms with Crippen LogP contribution in [0.15, 0.2) is 36.4 Å². The van der Waals surface area contributed by atoms with Crippen LogP contribution in [0.4, 0.5) is 0 Å². The maximum Gasteiger partial charge on any atom is 0.0926 e. The lowest BCUT2D eigenvalue weighted by atomic mass is 9.94. The maximum atomic E-state index is 4.65. The quantitative estimate of drug-likeness (QED) is 0.875. The summed E-state index contributed by atoms with van der Waals surface area (Å²) < 4.78 is 2.05. The second kappa shape index (κ2) is 4.94. The summed E-state index contributed by atoms with van der Waals surface area (Å²) in [7, 11) is 2.06. The Kier molecular flexibility index (Phi) is 3.15. The lowest BCUT2D eigenvalue weighted by Gasteiger charge is -2.22. The summed E-state index contributed by atoms with van der Waals surface area (Å²) in [6.07, 6.45) is 2.43. The Morgan fingerprint density at radius 1 is 1.17 bits per heavy atom. The Bertz CT molecular complexity index is 510. The summed E-state index contributed by atoms with van der Waals surface area (Å²) in [5.74, 6) is 0.654. The van der Waals surface area contributed by atoms with E-state index in [9.17, 15) is 0 Å².